The molecule has 1 saturated carbocycles. The fraction of sp³-hybridized carbons (Fsp3) is 0.900. The molecule has 1 rings (SSSR count). The number of nitrogens with zero attached hydrogens (tertiary/aromatic N) is 3. The maximum absolute atomic E-state index is 8.99. The molecule has 1 fully saturated rings. The van der Waals surface area contributed by atoms with Crippen molar-refractivity contribution in [3.8, 4) is 6.07 Å². The van der Waals surface area contributed by atoms with Crippen LogP contribution >= 0.6 is 0 Å². The van der Waals surface area contributed by atoms with E-state index in [9.17, 15) is 0 Å². The molecule has 0 bridgehead atoms. The van der Waals surface area contributed by atoms with E-state index in [1.807, 2.05) is 7.05 Å². The van der Waals surface area contributed by atoms with Crippen molar-refractivity contribution >= 4 is 10.7 Å². The molecule has 0 heterocycles. The summed E-state index contributed by atoms with van der Waals surface area (Å²) in [5.41, 5.74) is -0.115. The molecule has 0 amide bonds. The first-order valence-corrected chi connectivity index (χ1v) is 6.60. The summed E-state index contributed by atoms with van der Waals surface area (Å²) in [6.07, 6.45) is 2.09. The van der Waals surface area contributed by atoms with E-state index in [2.05, 4.69) is 29.3 Å². The third-order valence-electron chi connectivity index (χ3n) is 2.92. The van der Waals surface area contributed by atoms with E-state index in [1.54, 1.807) is 0 Å². The molecule has 0 spiro atoms. The van der Waals surface area contributed by atoms with Gasteiger partial charge in [0.25, 0.3) is 0 Å². The lowest BCUT2D eigenvalue weighted by Gasteiger charge is -2.21. The van der Waals surface area contributed by atoms with Gasteiger partial charge in [-0.3, -0.25) is 9.26 Å². The van der Waals surface area contributed by atoms with E-state index < -0.39 is 0 Å². The molecule has 1 aliphatic carbocycles. The van der Waals surface area contributed by atoms with Crippen LogP contribution in [0.15, 0.2) is 4.36 Å². The number of nitriles is 1. The molecule has 4 heteroatoms. The molecular formula is C10H19N3S. The highest BCUT2D eigenvalue weighted by Crippen LogP contribution is 2.39. The van der Waals surface area contributed by atoms with Crippen molar-refractivity contribution in [1.82, 2.24) is 4.90 Å². The maximum atomic E-state index is 8.99. The van der Waals surface area contributed by atoms with Crippen molar-refractivity contribution in [2.45, 2.75) is 25.3 Å². The third kappa shape index (κ3) is 2.55. The Kier molecular flexibility index (Phi) is 4.09. The Labute approximate surface area is 89.2 Å². The van der Waals surface area contributed by atoms with Crippen molar-refractivity contribution in [2.24, 2.45) is 4.36 Å². The summed E-state index contributed by atoms with van der Waals surface area (Å²) < 4.78 is 4.32. The Bertz CT molecular complexity index is 263. The summed E-state index contributed by atoms with van der Waals surface area (Å²) in [6.45, 7) is 3.18. The van der Waals surface area contributed by atoms with Crippen molar-refractivity contribution < 1.29 is 0 Å². The minimum Gasteiger partial charge on any atom is -0.288 e. The Hall–Kier alpha value is -0.400. The van der Waals surface area contributed by atoms with Crippen LogP contribution in [0, 0.1) is 11.3 Å². The zero-order valence-corrected chi connectivity index (χ0v) is 10.1. The van der Waals surface area contributed by atoms with Gasteiger partial charge < -0.3 is 0 Å². The largest absolute Gasteiger partial charge is 0.288 e. The van der Waals surface area contributed by atoms with Gasteiger partial charge in [0.05, 0.1) is 6.07 Å². The highest BCUT2D eigenvalue weighted by Gasteiger charge is 2.46. The van der Waals surface area contributed by atoms with Crippen LogP contribution in [0.4, 0.5) is 0 Å². The number of hydrogen-bond donors (Lipinski definition) is 0. The predicted octanol–water partition coefficient (Wildman–Crippen LogP) is 1.43. The summed E-state index contributed by atoms with van der Waals surface area (Å²) in [5, 5.41) is 8.99. The van der Waals surface area contributed by atoms with Gasteiger partial charge in [0.1, 0.15) is 5.54 Å². The molecular weight excluding hydrogens is 194 g/mol. The molecule has 14 heavy (non-hydrogen) atoms. The molecule has 3 nitrogen and oxygen atoms in total. The van der Waals surface area contributed by atoms with Crippen LogP contribution in [0.3, 0.4) is 0 Å². The zero-order chi connectivity index (χ0) is 10.6. The van der Waals surface area contributed by atoms with E-state index in [4.69, 9.17) is 5.26 Å². The Morgan fingerprint density at radius 1 is 1.57 bits per heavy atom. The minimum atomic E-state index is -0.115. The van der Waals surface area contributed by atoms with Gasteiger partial charge in [0.2, 0.25) is 0 Å². The van der Waals surface area contributed by atoms with Crippen LogP contribution in [0.1, 0.15) is 19.8 Å². The Morgan fingerprint density at radius 2 is 2.21 bits per heavy atom. The van der Waals surface area contributed by atoms with E-state index in [-0.39, 0.29) is 16.2 Å². The number of hydrogen-bond acceptors (Lipinski definition) is 3. The van der Waals surface area contributed by atoms with Gasteiger partial charge in [-0.25, -0.2) is 0 Å². The van der Waals surface area contributed by atoms with Crippen molar-refractivity contribution in [2.75, 3.05) is 32.1 Å². The molecule has 0 aromatic carbocycles. The van der Waals surface area contributed by atoms with E-state index in [0.717, 1.165) is 30.9 Å². The second-order valence-corrected chi connectivity index (χ2v) is 5.98. The molecule has 0 aliphatic heterocycles. The lowest BCUT2D eigenvalue weighted by molar-refractivity contribution is 0.287. The smallest absolute Gasteiger partial charge is 0.109 e. The standard InChI is InChI=1S/C10H19N3S/c1-4-14(12-2)8-7-13(3)10(9-11)5-6-10/h4-8H2,1-3H3. The van der Waals surface area contributed by atoms with Gasteiger partial charge in [0, 0.05) is 25.1 Å². The third-order valence-corrected chi connectivity index (χ3v) is 4.75. The molecule has 80 valence electrons. The van der Waals surface area contributed by atoms with Gasteiger partial charge in [-0.2, -0.15) is 5.26 Å². The maximum Gasteiger partial charge on any atom is 0.109 e. The molecule has 1 unspecified atom stereocenters. The highest BCUT2D eigenvalue weighted by atomic mass is 32.2. The van der Waals surface area contributed by atoms with E-state index in [0.29, 0.717) is 0 Å². The SMILES string of the molecule is CC/S(CCN(C)C1(C#N)CC1)=N/C. The summed E-state index contributed by atoms with van der Waals surface area (Å²) in [5.74, 6) is 2.23. The minimum absolute atomic E-state index is 0.115. The monoisotopic (exact) mass is 213 g/mol. The van der Waals surface area contributed by atoms with Gasteiger partial charge in [-0.15, -0.1) is 10.7 Å². The van der Waals surface area contributed by atoms with Crippen molar-refractivity contribution in [3.05, 3.63) is 0 Å². The first kappa shape index (κ1) is 11.7. The fourth-order valence-electron chi connectivity index (χ4n) is 1.52. The molecule has 0 N–H and O–H groups in total. The average molecular weight is 213 g/mol. The Balaban J connectivity index is 2.36. The molecule has 0 aromatic rings. The Morgan fingerprint density at radius 3 is 2.57 bits per heavy atom. The van der Waals surface area contributed by atoms with Crippen LogP contribution in [0.25, 0.3) is 0 Å². The summed E-state index contributed by atoms with van der Waals surface area (Å²) in [4.78, 5) is 2.20. The molecule has 0 saturated heterocycles. The molecule has 0 radical (unpaired) electrons. The summed E-state index contributed by atoms with van der Waals surface area (Å²) in [7, 11) is 4.16. The average Bonchev–Trinajstić information content (AvgIpc) is 2.99. The van der Waals surface area contributed by atoms with Crippen LogP contribution in [0.5, 0.6) is 0 Å². The van der Waals surface area contributed by atoms with Gasteiger partial charge in [-0.1, -0.05) is 6.92 Å². The lowest BCUT2D eigenvalue weighted by atomic mass is 10.3. The lowest BCUT2D eigenvalue weighted by Crippen LogP contribution is -2.35. The first-order valence-electron chi connectivity index (χ1n) is 5.08. The van der Waals surface area contributed by atoms with Gasteiger partial charge in [-0.05, 0) is 19.9 Å². The quantitative estimate of drug-likeness (QED) is 0.693. The topological polar surface area (TPSA) is 39.4 Å². The molecule has 1 aliphatic rings. The molecule has 1 atom stereocenters. The van der Waals surface area contributed by atoms with Gasteiger partial charge >= 0.3 is 0 Å². The number of rotatable bonds is 5. The van der Waals surface area contributed by atoms with E-state index >= 15 is 0 Å². The summed E-state index contributed by atoms with van der Waals surface area (Å²) in [6, 6.07) is 2.41. The van der Waals surface area contributed by atoms with Crippen LogP contribution < -0.4 is 0 Å². The van der Waals surface area contributed by atoms with Crippen LogP contribution in [-0.4, -0.2) is 42.6 Å². The molecule has 0 aromatic heterocycles. The zero-order valence-electron chi connectivity index (χ0n) is 9.29. The second kappa shape index (κ2) is 4.90. The van der Waals surface area contributed by atoms with Crippen LogP contribution in [0.2, 0.25) is 0 Å². The highest BCUT2D eigenvalue weighted by molar-refractivity contribution is 7.87. The van der Waals surface area contributed by atoms with Gasteiger partial charge in [0.15, 0.2) is 0 Å². The first-order chi connectivity index (χ1) is 6.68. The van der Waals surface area contributed by atoms with Crippen molar-refractivity contribution in [3.63, 3.8) is 0 Å². The van der Waals surface area contributed by atoms with Crippen molar-refractivity contribution in [1.29, 1.82) is 5.26 Å². The fourth-order valence-corrected chi connectivity index (χ4v) is 2.73. The predicted molar refractivity (Wildman–Crippen MR) is 61.3 cm³/mol. The van der Waals surface area contributed by atoms with Crippen LogP contribution in [-0.2, 0) is 10.7 Å². The van der Waals surface area contributed by atoms with E-state index in [1.165, 1.54) is 0 Å². The second-order valence-electron chi connectivity index (χ2n) is 3.70. The normalized spacial score (nSPS) is 20.8. The summed E-state index contributed by atoms with van der Waals surface area (Å²) >= 11 is 0.